The van der Waals surface area contributed by atoms with Crippen LogP contribution in [0.4, 0.5) is 5.69 Å². The van der Waals surface area contributed by atoms with Crippen molar-refractivity contribution in [1.29, 1.82) is 0 Å². The number of benzene rings is 2. The predicted octanol–water partition coefficient (Wildman–Crippen LogP) is 2.40. The molecule has 0 radical (unpaired) electrons. The summed E-state index contributed by atoms with van der Waals surface area (Å²) in [5, 5.41) is 2.68. The van der Waals surface area contributed by atoms with Crippen LogP contribution in [0.1, 0.15) is 17.5 Å². The maximum absolute atomic E-state index is 12.2. The summed E-state index contributed by atoms with van der Waals surface area (Å²) in [5.74, 6) is -0.471. The van der Waals surface area contributed by atoms with E-state index in [1.165, 1.54) is 7.11 Å². The molecule has 0 aliphatic carbocycles. The Hall–Kier alpha value is -2.86. The molecular weight excluding hydrogens is 320 g/mol. The zero-order valence-electron chi connectivity index (χ0n) is 14.3. The van der Waals surface area contributed by atoms with Crippen LogP contribution in [0.5, 0.6) is 5.75 Å². The van der Waals surface area contributed by atoms with Gasteiger partial charge < -0.3 is 20.5 Å². The van der Waals surface area contributed by atoms with Gasteiger partial charge in [-0.2, -0.15) is 0 Å². The van der Waals surface area contributed by atoms with Gasteiger partial charge in [0.1, 0.15) is 12.4 Å². The minimum absolute atomic E-state index is 0.152. The lowest BCUT2D eigenvalue weighted by Crippen LogP contribution is -2.38. The lowest BCUT2D eigenvalue weighted by molar-refractivity contribution is -0.146. The molecule has 0 spiro atoms. The van der Waals surface area contributed by atoms with Crippen LogP contribution >= 0.6 is 0 Å². The highest BCUT2D eigenvalue weighted by atomic mass is 16.5. The largest absolute Gasteiger partial charge is 0.495 e. The summed E-state index contributed by atoms with van der Waals surface area (Å²) < 4.78 is 10.3. The molecular formula is C19H22N2O4. The Morgan fingerprint density at radius 2 is 1.88 bits per heavy atom. The van der Waals surface area contributed by atoms with E-state index in [2.05, 4.69) is 5.32 Å². The number of rotatable bonds is 7. The molecule has 0 bridgehead atoms. The van der Waals surface area contributed by atoms with Crippen LogP contribution < -0.4 is 15.8 Å². The number of esters is 1. The Morgan fingerprint density at radius 3 is 2.56 bits per heavy atom. The highest BCUT2D eigenvalue weighted by Gasteiger charge is 2.20. The Morgan fingerprint density at radius 1 is 1.16 bits per heavy atom. The highest BCUT2D eigenvalue weighted by Crippen LogP contribution is 2.25. The van der Waals surface area contributed by atoms with Gasteiger partial charge >= 0.3 is 5.97 Å². The summed E-state index contributed by atoms with van der Waals surface area (Å²) in [6, 6.07) is 13.7. The van der Waals surface area contributed by atoms with E-state index >= 15 is 0 Å². The molecule has 132 valence electrons. The number of nitrogens with one attached hydrogen (secondary N) is 1. The number of hydrogen-bond donors (Lipinski definition) is 2. The minimum Gasteiger partial charge on any atom is -0.495 e. The number of carbonyl (C=O) groups is 2. The van der Waals surface area contributed by atoms with E-state index in [4.69, 9.17) is 15.2 Å². The molecule has 1 atom stereocenters. The number of anilines is 1. The lowest BCUT2D eigenvalue weighted by Gasteiger charge is -2.14. The molecule has 3 N–H and O–H groups in total. The standard InChI is InChI=1S/C19H22N2O4/c1-13-8-9-17(24-2)16(10-13)21-19(23)15(20)11-18(22)25-12-14-6-4-3-5-7-14/h3-10,15H,11-12,20H2,1-2H3,(H,21,23)/t15-/m0/s1. The molecule has 0 unspecified atom stereocenters. The highest BCUT2D eigenvalue weighted by molar-refractivity contribution is 5.97. The third kappa shape index (κ3) is 5.61. The second kappa shape index (κ2) is 8.84. The minimum atomic E-state index is -1.01. The Kier molecular flexibility index (Phi) is 6.54. The zero-order chi connectivity index (χ0) is 18.2. The summed E-state index contributed by atoms with van der Waals surface area (Å²) in [6.07, 6.45) is -0.202. The second-order valence-electron chi connectivity index (χ2n) is 5.65. The summed E-state index contributed by atoms with van der Waals surface area (Å²) in [6.45, 7) is 2.05. The molecule has 25 heavy (non-hydrogen) atoms. The number of nitrogens with two attached hydrogens (primary N) is 1. The van der Waals surface area contributed by atoms with E-state index in [1.807, 2.05) is 43.3 Å². The van der Waals surface area contributed by atoms with Gasteiger partial charge in [-0.1, -0.05) is 36.4 Å². The molecule has 0 heterocycles. The van der Waals surface area contributed by atoms with Gasteiger partial charge in [-0.3, -0.25) is 9.59 Å². The quantitative estimate of drug-likeness (QED) is 0.754. The third-order valence-electron chi connectivity index (χ3n) is 3.58. The van der Waals surface area contributed by atoms with Crippen molar-refractivity contribution in [3.63, 3.8) is 0 Å². The van der Waals surface area contributed by atoms with Gasteiger partial charge in [-0.05, 0) is 30.2 Å². The van der Waals surface area contributed by atoms with Crippen molar-refractivity contribution in [2.75, 3.05) is 12.4 Å². The molecule has 2 aromatic carbocycles. The fraction of sp³-hybridized carbons (Fsp3) is 0.263. The summed E-state index contributed by atoms with van der Waals surface area (Å²) in [5.41, 5.74) is 8.16. The van der Waals surface area contributed by atoms with Crippen LogP contribution in [0.3, 0.4) is 0 Å². The Bertz CT molecular complexity index is 731. The van der Waals surface area contributed by atoms with E-state index in [9.17, 15) is 9.59 Å². The number of hydrogen-bond acceptors (Lipinski definition) is 5. The van der Waals surface area contributed by atoms with Crippen LogP contribution in [0.25, 0.3) is 0 Å². The maximum atomic E-state index is 12.2. The average molecular weight is 342 g/mol. The number of carbonyl (C=O) groups excluding carboxylic acids is 2. The van der Waals surface area contributed by atoms with Crippen LogP contribution in [0.15, 0.2) is 48.5 Å². The molecule has 0 saturated heterocycles. The average Bonchev–Trinajstić information content (AvgIpc) is 2.61. The first kappa shape index (κ1) is 18.5. The molecule has 6 nitrogen and oxygen atoms in total. The van der Waals surface area contributed by atoms with Gasteiger partial charge in [0.15, 0.2) is 0 Å². The van der Waals surface area contributed by atoms with Gasteiger partial charge in [-0.25, -0.2) is 0 Å². The number of aryl methyl sites for hydroxylation is 1. The van der Waals surface area contributed by atoms with Gasteiger partial charge in [0.2, 0.25) is 5.91 Å². The van der Waals surface area contributed by atoms with Gasteiger partial charge in [0, 0.05) is 0 Å². The van der Waals surface area contributed by atoms with Crippen LogP contribution in [-0.2, 0) is 20.9 Å². The Labute approximate surface area is 146 Å². The summed E-state index contributed by atoms with van der Waals surface area (Å²) in [7, 11) is 1.52. The third-order valence-corrected chi connectivity index (χ3v) is 3.58. The Balaban J connectivity index is 1.87. The molecule has 0 fully saturated rings. The molecule has 2 aromatic rings. The first-order chi connectivity index (χ1) is 12.0. The topological polar surface area (TPSA) is 90.6 Å². The van der Waals surface area contributed by atoms with Gasteiger partial charge in [-0.15, -0.1) is 0 Å². The number of amides is 1. The van der Waals surface area contributed by atoms with Crippen molar-refractivity contribution in [3.8, 4) is 5.75 Å². The molecule has 0 aliphatic heterocycles. The van der Waals surface area contributed by atoms with Crippen molar-refractivity contribution in [1.82, 2.24) is 0 Å². The molecule has 1 amide bonds. The van der Waals surface area contributed by atoms with Crippen LogP contribution in [-0.4, -0.2) is 25.0 Å². The van der Waals surface area contributed by atoms with Crippen molar-refractivity contribution < 1.29 is 19.1 Å². The van der Waals surface area contributed by atoms with Crippen molar-refractivity contribution >= 4 is 17.6 Å². The monoisotopic (exact) mass is 342 g/mol. The molecule has 6 heteroatoms. The lowest BCUT2D eigenvalue weighted by atomic mass is 10.1. The number of methoxy groups -OCH3 is 1. The van der Waals surface area contributed by atoms with E-state index in [-0.39, 0.29) is 13.0 Å². The van der Waals surface area contributed by atoms with Crippen molar-refractivity contribution in [2.45, 2.75) is 26.0 Å². The van der Waals surface area contributed by atoms with E-state index in [1.54, 1.807) is 12.1 Å². The fourth-order valence-corrected chi connectivity index (χ4v) is 2.21. The van der Waals surface area contributed by atoms with Crippen LogP contribution in [0, 0.1) is 6.92 Å². The van der Waals surface area contributed by atoms with Crippen LogP contribution in [0.2, 0.25) is 0 Å². The van der Waals surface area contributed by atoms with E-state index < -0.39 is 17.9 Å². The first-order valence-electron chi connectivity index (χ1n) is 7.90. The maximum Gasteiger partial charge on any atom is 0.308 e. The summed E-state index contributed by atoms with van der Waals surface area (Å²) >= 11 is 0. The fourth-order valence-electron chi connectivity index (χ4n) is 2.21. The zero-order valence-corrected chi connectivity index (χ0v) is 14.3. The second-order valence-corrected chi connectivity index (χ2v) is 5.65. The van der Waals surface area contributed by atoms with E-state index in [0.29, 0.717) is 11.4 Å². The predicted molar refractivity (Wildman–Crippen MR) is 95.2 cm³/mol. The first-order valence-corrected chi connectivity index (χ1v) is 7.90. The molecule has 2 rings (SSSR count). The smallest absolute Gasteiger partial charge is 0.308 e. The van der Waals surface area contributed by atoms with Gasteiger partial charge in [0.25, 0.3) is 0 Å². The molecule has 0 aromatic heterocycles. The molecule has 0 aliphatic rings. The normalized spacial score (nSPS) is 11.5. The summed E-state index contributed by atoms with van der Waals surface area (Å²) in [4.78, 5) is 24.1. The van der Waals surface area contributed by atoms with Gasteiger partial charge in [0.05, 0.1) is 25.3 Å². The SMILES string of the molecule is COc1ccc(C)cc1NC(=O)[C@@H](N)CC(=O)OCc1ccccc1. The van der Waals surface area contributed by atoms with E-state index in [0.717, 1.165) is 11.1 Å². The number of ether oxygens (including phenoxy) is 2. The van der Waals surface area contributed by atoms with Crippen molar-refractivity contribution in [3.05, 3.63) is 59.7 Å². The van der Waals surface area contributed by atoms with Crippen molar-refractivity contribution in [2.24, 2.45) is 5.73 Å². The molecule has 0 saturated carbocycles.